The van der Waals surface area contributed by atoms with Gasteiger partial charge in [0.15, 0.2) is 0 Å². The van der Waals surface area contributed by atoms with E-state index in [-0.39, 0.29) is 22.0 Å². The summed E-state index contributed by atoms with van der Waals surface area (Å²) in [6.45, 7) is 9.09. The molecular weight excluding hydrogens is 617 g/mol. The molecule has 9 nitrogen and oxygen atoms in total. The third kappa shape index (κ3) is 9.87. The molecule has 1 amide bonds. The second-order valence-electron chi connectivity index (χ2n) is 11.7. The van der Waals surface area contributed by atoms with Crippen molar-refractivity contribution in [3.05, 3.63) is 47.7 Å². The lowest BCUT2D eigenvalue weighted by Crippen LogP contribution is -2.39. The van der Waals surface area contributed by atoms with Gasteiger partial charge in [-0.25, -0.2) is 8.42 Å². The second kappa shape index (κ2) is 16.9. The zero-order valence-electron chi connectivity index (χ0n) is 26.5. The monoisotopic (exact) mass is 664 g/mol. The van der Waals surface area contributed by atoms with Crippen molar-refractivity contribution in [1.29, 1.82) is 0 Å². The molecule has 0 spiro atoms. The molecule has 12 heteroatoms. The molecule has 1 fully saturated rings. The first-order chi connectivity index (χ1) is 20.9. The van der Waals surface area contributed by atoms with Gasteiger partial charge in [-0.15, -0.1) is 0 Å². The normalized spacial score (nSPS) is 16.1. The zero-order valence-corrected chi connectivity index (χ0v) is 29.1. The summed E-state index contributed by atoms with van der Waals surface area (Å²) in [6.07, 6.45) is 5.26. The molecule has 2 atom stereocenters. The molecule has 2 unspecified atom stereocenters. The topological polar surface area (TPSA) is 99.3 Å². The van der Waals surface area contributed by atoms with Gasteiger partial charge in [-0.3, -0.25) is 9.59 Å². The molecule has 44 heavy (non-hydrogen) atoms. The van der Waals surface area contributed by atoms with Gasteiger partial charge in [-0.05, 0) is 76.2 Å². The first kappa shape index (κ1) is 36.2. The molecule has 1 aliphatic rings. The zero-order chi connectivity index (χ0) is 32.4. The Balaban J connectivity index is 1.69. The first-order valence-electron chi connectivity index (χ1n) is 15.2. The highest BCUT2D eigenvalue weighted by molar-refractivity contribution is 7.99. The predicted molar refractivity (Wildman–Crippen MR) is 185 cm³/mol. The van der Waals surface area contributed by atoms with Crippen molar-refractivity contribution in [2.24, 2.45) is 5.92 Å². The van der Waals surface area contributed by atoms with Gasteiger partial charge >= 0.3 is 5.97 Å². The van der Waals surface area contributed by atoms with Crippen LogP contribution < -0.4 is 9.62 Å². The number of carbonyl (C=O) groups excluding carboxylic acids is 2. The van der Waals surface area contributed by atoms with E-state index in [0.717, 1.165) is 61.2 Å². The average Bonchev–Trinajstić information content (AvgIpc) is 3.51. The summed E-state index contributed by atoms with van der Waals surface area (Å²) >= 11 is 8.80. The van der Waals surface area contributed by atoms with Crippen LogP contribution in [-0.4, -0.2) is 88.1 Å². The predicted octanol–water partition coefficient (Wildman–Crippen LogP) is 4.94. The summed E-state index contributed by atoms with van der Waals surface area (Å²) in [5.41, 5.74) is 2.78. The minimum absolute atomic E-state index is 0.0562. The number of hydrogen-bond acceptors (Lipinski definition) is 9. The molecule has 2 aromatic carbocycles. The number of nitrogens with one attached hydrogen (secondary N) is 1. The maximum absolute atomic E-state index is 13.4. The third-order valence-electron chi connectivity index (χ3n) is 8.26. The number of carbonyl (C=O) groups is 2. The first-order valence-corrected chi connectivity index (χ1v) is 17.8. The Bertz CT molecular complexity index is 1410. The van der Waals surface area contributed by atoms with Gasteiger partial charge in [0, 0.05) is 60.3 Å². The van der Waals surface area contributed by atoms with Crippen molar-refractivity contribution in [2.75, 3.05) is 51.8 Å². The van der Waals surface area contributed by atoms with E-state index in [9.17, 15) is 18.0 Å². The Morgan fingerprint density at radius 3 is 2.36 bits per heavy atom. The van der Waals surface area contributed by atoms with Crippen LogP contribution in [0.25, 0.3) is 10.8 Å². The average molecular weight is 665 g/mol. The number of thiol groups is 2. The van der Waals surface area contributed by atoms with Crippen molar-refractivity contribution < 1.29 is 22.7 Å². The van der Waals surface area contributed by atoms with E-state index in [1.54, 1.807) is 17.0 Å². The minimum Gasteiger partial charge on any atom is -0.464 e. The Kier molecular flexibility index (Phi) is 13.9. The molecule has 2 aromatic rings. The molecule has 0 aliphatic carbocycles. The SMILES string of the molecule is CC(=C(CCOC(=O)C(C)NS(=O)(=O)c1cccc2c(N(C)C)cccc12)C(C)CCC(S)S)N(C=O)CCN1CCCC1. The Morgan fingerprint density at radius 2 is 1.73 bits per heavy atom. The highest BCUT2D eigenvalue weighted by atomic mass is 32.2. The molecule has 0 saturated carbocycles. The largest absolute Gasteiger partial charge is 0.464 e. The van der Waals surface area contributed by atoms with Gasteiger partial charge in [0.2, 0.25) is 16.4 Å². The van der Waals surface area contributed by atoms with Crippen molar-refractivity contribution in [2.45, 2.75) is 68.4 Å². The van der Waals surface area contributed by atoms with E-state index in [2.05, 4.69) is 41.8 Å². The van der Waals surface area contributed by atoms with Crippen LogP contribution in [0.5, 0.6) is 0 Å². The highest BCUT2D eigenvalue weighted by Gasteiger charge is 2.26. The van der Waals surface area contributed by atoms with Crippen molar-refractivity contribution in [3.63, 3.8) is 0 Å². The molecule has 0 bridgehead atoms. The summed E-state index contributed by atoms with van der Waals surface area (Å²) in [5, 5.41) is 1.37. The van der Waals surface area contributed by atoms with Crippen LogP contribution in [0.4, 0.5) is 5.69 Å². The van der Waals surface area contributed by atoms with E-state index in [1.165, 1.54) is 25.8 Å². The van der Waals surface area contributed by atoms with Crippen LogP contribution >= 0.6 is 25.3 Å². The maximum Gasteiger partial charge on any atom is 0.323 e. The number of esters is 1. The fraction of sp³-hybridized carbons (Fsp3) is 0.562. The van der Waals surface area contributed by atoms with Gasteiger partial charge in [-0.2, -0.15) is 30.0 Å². The van der Waals surface area contributed by atoms with E-state index in [4.69, 9.17) is 4.74 Å². The Labute approximate surface area is 274 Å². The van der Waals surface area contributed by atoms with E-state index < -0.39 is 22.0 Å². The summed E-state index contributed by atoms with van der Waals surface area (Å²) in [4.78, 5) is 31.2. The van der Waals surface area contributed by atoms with Crippen molar-refractivity contribution in [1.82, 2.24) is 14.5 Å². The van der Waals surface area contributed by atoms with Crippen LogP contribution in [0.15, 0.2) is 52.6 Å². The number of anilines is 1. The van der Waals surface area contributed by atoms with Crippen molar-refractivity contribution >= 4 is 64.1 Å². The molecular formula is C32H48N4O5S3. The van der Waals surface area contributed by atoms with Crippen LogP contribution in [0, 0.1) is 5.92 Å². The number of benzene rings is 2. The Hall–Kier alpha value is -2.25. The van der Waals surface area contributed by atoms with E-state index in [0.29, 0.717) is 18.4 Å². The van der Waals surface area contributed by atoms with E-state index in [1.807, 2.05) is 44.1 Å². The van der Waals surface area contributed by atoms with Gasteiger partial charge in [0.25, 0.3) is 0 Å². The number of nitrogens with zero attached hydrogens (tertiary/aromatic N) is 3. The maximum atomic E-state index is 13.4. The van der Waals surface area contributed by atoms with Crippen molar-refractivity contribution in [3.8, 4) is 0 Å². The summed E-state index contributed by atoms with van der Waals surface area (Å²) in [7, 11) is -0.227. The highest BCUT2D eigenvalue weighted by Crippen LogP contribution is 2.30. The fourth-order valence-electron chi connectivity index (χ4n) is 5.72. The summed E-state index contributed by atoms with van der Waals surface area (Å²) < 4.78 is 34.8. The van der Waals surface area contributed by atoms with E-state index >= 15 is 0 Å². The van der Waals surface area contributed by atoms with Crippen LogP contribution in [0.2, 0.25) is 0 Å². The lowest BCUT2D eigenvalue weighted by molar-refractivity contribution is -0.145. The number of amides is 1. The van der Waals surface area contributed by atoms with Crippen LogP contribution in [0.3, 0.4) is 0 Å². The quantitative estimate of drug-likeness (QED) is 0.0955. The molecule has 1 N–H and O–H groups in total. The second-order valence-corrected chi connectivity index (χ2v) is 15.0. The molecule has 1 aliphatic heterocycles. The molecule has 244 valence electrons. The van der Waals surface area contributed by atoms with Gasteiger partial charge in [0.05, 0.1) is 11.5 Å². The molecule has 0 radical (unpaired) electrons. The molecule has 0 aromatic heterocycles. The lowest BCUT2D eigenvalue weighted by atomic mass is 9.92. The number of ether oxygens (including phenoxy) is 1. The standard InChI is InChI=1S/C32H48N4O5S3/c1-23(14-15-31(42)43)26(25(3)36(22-37)20-19-35-17-6-7-18-35)16-21-41-32(38)24(2)33-44(39,40)30-13-9-10-27-28(30)11-8-12-29(27)34(4)5/h8-13,22-24,31,33,42-43H,6-7,14-21H2,1-5H3. The number of sulfonamides is 1. The molecule has 1 heterocycles. The van der Waals surface area contributed by atoms with Crippen LogP contribution in [-0.2, 0) is 24.3 Å². The van der Waals surface area contributed by atoms with Crippen LogP contribution in [0.1, 0.15) is 52.9 Å². The molecule has 3 rings (SSSR count). The fourth-order valence-corrected chi connectivity index (χ4v) is 7.43. The lowest BCUT2D eigenvalue weighted by Gasteiger charge is -2.27. The van der Waals surface area contributed by atoms with Gasteiger partial charge < -0.3 is 19.4 Å². The van der Waals surface area contributed by atoms with Gasteiger partial charge in [-0.1, -0.05) is 31.2 Å². The van der Waals surface area contributed by atoms with Gasteiger partial charge in [0.1, 0.15) is 6.04 Å². The number of hydrogen-bond donors (Lipinski definition) is 3. The Morgan fingerprint density at radius 1 is 1.07 bits per heavy atom. The molecule has 1 saturated heterocycles. The third-order valence-corrected chi connectivity index (χ3v) is 10.4. The number of fused-ring (bicyclic) bond motifs is 1. The number of rotatable bonds is 17. The number of likely N-dealkylation sites (tertiary alicyclic amines) is 1. The smallest absolute Gasteiger partial charge is 0.323 e. The summed E-state index contributed by atoms with van der Waals surface area (Å²) in [6, 6.07) is 9.50. The summed E-state index contributed by atoms with van der Waals surface area (Å²) in [5.74, 6) is -0.557. The minimum atomic E-state index is -4.03. The number of allylic oxidation sites excluding steroid dienone is 1.